The molecule has 1 aliphatic rings. The van der Waals surface area contributed by atoms with Crippen molar-refractivity contribution in [1.82, 2.24) is 9.88 Å². The Kier molecular flexibility index (Phi) is 6.75. The van der Waals surface area contributed by atoms with Gasteiger partial charge in [0.05, 0.1) is 10.7 Å². The number of ether oxygens (including phenoxy) is 1. The average molecular weight is 539 g/mol. The van der Waals surface area contributed by atoms with Gasteiger partial charge in [0.15, 0.2) is 0 Å². The fraction of sp³-hybridized carbons (Fsp3) is 0.111. The highest BCUT2D eigenvalue weighted by molar-refractivity contribution is 8.04. The summed E-state index contributed by atoms with van der Waals surface area (Å²) in [6, 6.07) is 20.0. The molecule has 9 heteroatoms. The predicted octanol–water partition coefficient (Wildman–Crippen LogP) is 7.40. The van der Waals surface area contributed by atoms with Gasteiger partial charge in [-0.1, -0.05) is 41.6 Å². The molecule has 0 saturated carbocycles. The number of thiophene rings is 1. The summed E-state index contributed by atoms with van der Waals surface area (Å²) in [5, 5.41) is 15.6. The third kappa shape index (κ3) is 4.48. The Balaban J connectivity index is 1.57. The molecule has 0 bridgehead atoms. The van der Waals surface area contributed by atoms with Crippen LogP contribution in [0.3, 0.4) is 0 Å². The number of carbonyl (C=O) groups is 1. The zero-order chi connectivity index (χ0) is 25.3. The molecule has 1 amide bonds. The Hall–Kier alpha value is -3.33. The zero-order valence-electron chi connectivity index (χ0n) is 19.0. The van der Waals surface area contributed by atoms with Crippen LogP contribution in [0.4, 0.5) is 4.39 Å². The lowest BCUT2D eigenvalue weighted by Crippen LogP contribution is -2.51. The summed E-state index contributed by atoms with van der Waals surface area (Å²) in [6.07, 6.45) is 0.117. The molecule has 1 N–H and O–H groups in total. The van der Waals surface area contributed by atoms with Crippen LogP contribution in [0.5, 0.6) is 11.6 Å². The van der Waals surface area contributed by atoms with Crippen LogP contribution in [0.15, 0.2) is 99.1 Å². The first-order chi connectivity index (χ1) is 17.4. The molecular weight excluding hydrogens is 519 g/mol. The lowest BCUT2D eigenvalue weighted by Gasteiger charge is -2.44. The van der Waals surface area contributed by atoms with E-state index in [2.05, 4.69) is 0 Å². The molecule has 5 nitrogen and oxygen atoms in total. The lowest BCUT2D eigenvalue weighted by atomic mass is 9.80. The number of likely N-dealkylation sites (N-methyl/N-ethyl adjacent to an activating group) is 1. The van der Waals surface area contributed by atoms with Crippen LogP contribution in [0.2, 0.25) is 5.02 Å². The molecule has 0 radical (unpaired) electrons. The number of benzene rings is 2. The van der Waals surface area contributed by atoms with Gasteiger partial charge in [-0.05, 0) is 64.9 Å². The number of pyridine rings is 1. The van der Waals surface area contributed by atoms with Crippen LogP contribution < -0.4 is 4.74 Å². The molecule has 1 unspecified atom stereocenters. The van der Waals surface area contributed by atoms with Gasteiger partial charge in [0.1, 0.15) is 27.8 Å². The quantitative estimate of drug-likeness (QED) is 0.277. The third-order valence-electron chi connectivity index (χ3n) is 5.99. The van der Waals surface area contributed by atoms with Crippen LogP contribution in [0.1, 0.15) is 17.7 Å². The summed E-state index contributed by atoms with van der Waals surface area (Å²) in [6.45, 7) is 0. The van der Waals surface area contributed by atoms with Crippen molar-refractivity contribution in [2.24, 2.45) is 0 Å². The first-order valence-corrected chi connectivity index (χ1v) is 13.1. The summed E-state index contributed by atoms with van der Waals surface area (Å²) < 4.78 is 19.2. The van der Waals surface area contributed by atoms with Gasteiger partial charge in [-0.15, -0.1) is 0 Å². The number of carbonyl (C=O) groups excluding carboxylic acids is 1. The first kappa shape index (κ1) is 24.4. The largest absolute Gasteiger partial charge is 0.511 e. The van der Waals surface area contributed by atoms with Gasteiger partial charge < -0.3 is 14.7 Å². The number of aliphatic hydroxyl groups excluding tert-OH is 1. The molecule has 2 aromatic carbocycles. The van der Waals surface area contributed by atoms with E-state index in [1.165, 1.54) is 35.6 Å². The number of thioether (sulfide) groups is 1. The average Bonchev–Trinajstić information content (AvgIpc) is 3.42. The van der Waals surface area contributed by atoms with Crippen LogP contribution in [-0.2, 0) is 10.3 Å². The second kappa shape index (κ2) is 9.97. The third-order valence-corrected chi connectivity index (χ3v) is 8.30. The van der Waals surface area contributed by atoms with E-state index in [4.69, 9.17) is 21.3 Å². The van der Waals surface area contributed by atoms with Crippen LogP contribution >= 0.6 is 34.7 Å². The van der Waals surface area contributed by atoms with E-state index in [-0.39, 0.29) is 34.7 Å². The number of nitrogens with zero attached hydrogens (tertiary/aromatic N) is 2. The molecule has 0 spiro atoms. The van der Waals surface area contributed by atoms with E-state index in [0.717, 1.165) is 17.3 Å². The number of aliphatic hydroxyl groups is 1. The standard InChI is InChI=1S/C27H20ClFN2O3S2/c1-31-26(33)25(36-22-6-3-2-5-20(22)28)21(32)15-27(31,17-13-14-35-16-17)23-7-4-8-24(30-23)34-19-11-9-18(29)10-12-19/h2-14,16,32H,15H2,1H3. The van der Waals surface area contributed by atoms with E-state index < -0.39 is 5.54 Å². The van der Waals surface area contributed by atoms with Gasteiger partial charge in [0.2, 0.25) is 5.88 Å². The van der Waals surface area contributed by atoms with Gasteiger partial charge in [0, 0.05) is 24.4 Å². The highest BCUT2D eigenvalue weighted by Gasteiger charge is 2.49. The molecule has 1 atom stereocenters. The number of amides is 1. The van der Waals surface area contributed by atoms with Crippen LogP contribution in [0.25, 0.3) is 0 Å². The van der Waals surface area contributed by atoms with Crippen molar-refractivity contribution in [1.29, 1.82) is 0 Å². The lowest BCUT2D eigenvalue weighted by molar-refractivity contribution is -0.131. The topological polar surface area (TPSA) is 62.7 Å². The predicted molar refractivity (Wildman–Crippen MR) is 140 cm³/mol. The molecule has 36 heavy (non-hydrogen) atoms. The Bertz CT molecular complexity index is 1440. The second-order valence-electron chi connectivity index (χ2n) is 8.14. The van der Waals surface area contributed by atoms with E-state index >= 15 is 0 Å². The maximum Gasteiger partial charge on any atom is 0.264 e. The summed E-state index contributed by atoms with van der Waals surface area (Å²) in [7, 11) is 1.70. The van der Waals surface area contributed by atoms with Crippen molar-refractivity contribution in [2.45, 2.75) is 16.9 Å². The van der Waals surface area contributed by atoms with E-state index in [1.807, 2.05) is 29.0 Å². The number of hydrogen-bond acceptors (Lipinski definition) is 6. The van der Waals surface area contributed by atoms with Crippen molar-refractivity contribution < 1.29 is 19.0 Å². The van der Waals surface area contributed by atoms with E-state index in [0.29, 0.717) is 21.4 Å². The molecule has 1 aliphatic heterocycles. The Labute approximate surface area is 220 Å². The van der Waals surface area contributed by atoms with E-state index in [9.17, 15) is 14.3 Å². The summed E-state index contributed by atoms with van der Waals surface area (Å²) >= 11 is 8.94. The molecule has 5 rings (SSSR count). The molecular formula is C27H20ClFN2O3S2. The Morgan fingerprint density at radius 1 is 1.11 bits per heavy atom. The van der Waals surface area contributed by atoms with Crippen LogP contribution in [-0.4, -0.2) is 27.9 Å². The summed E-state index contributed by atoms with van der Waals surface area (Å²) in [5.74, 6) is -0.0351. The number of aromatic nitrogens is 1. The van der Waals surface area contributed by atoms with Crippen molar-refractivity contribution >= 4 is 40.6 Å². The highest BCUT2D eigenvalue weighted by atomic mass is 35.5. The minimum absolute atomic E-state index is 0.0409. The highest BCUT2D eigenvalue weighted by Crippen LogP contribution is 2.48. The van der Waals surface area contributed by atoms with Gasteiger partial charge in [-0.3, -0.25) is 4.79 Å². The molecule has 4 aromatic rings. The molecule has 0 saturated heterocycles. The fourth-order valence-electron chi connectivity index (χ4n) is 4.16. The SMILES string of the molecule is CN1C(=O)C(Sc2ccccc2Cl)=C(O)CC1(c1ccsc1)c1cccc(Oc2ccc(F)cc2)n1. The smallest absolute Gasteiger partial charge is 0.264 e. The van der Waals surface area contributed by atoms with Crippen molar-refractivity contribution in [3.05, 3.63) is 116 Å². The molecule has 182 valence electrons. The Morgan fingerprint density at radius 3 is 2.61 bits per heavy atom. The van der Waals surface area contributed by atoms with Gasteiger partial charge in [-0.25, -0.2) is 9.37 Å². The molecule has 2 aromatic heterocycles. The normalized spacial score (nSPS) is 18.0. The summed E-state index contributed by atoms with van der Waals surface area (Å²) in [5.41, 5.74) is 0.293. The monoisotopic (exact) mass is 538 g/mol. The summed E-state index contributed by atoms with van der Waals surface area (Å²) in [4.78, 5) is 20.9. The zero-order valence-corrected chi connectivity index (χ0v) is 21.4. The van der Waals surface area contributed by atoms with Crippen molar-refractivity contribution in [3.63, 3.8) is 0 Å². The maximum atomic E-state index is 13.7. The number of hydrogen-bond donors (Lipinski definition) is 1. The fourth-order valence-corrected chi connectivity index (χ4v) is 6.08. The molecule has 3 heterocycles. The van der Waals surface area contributed by atoms with E-state index in [1.54, 1.807) is 42.3 Å². The molecule has 0 fully saturated rings. The van der Waals surface area contributed by atoms with Crippen molar-refractivity contribution in [2.75, 3.05) is 7.05 Å². The second-order valence-corrected chi connectivity index (χ2v) is 10.4. The van der Waals surface area contributed by atoms with Gasteiger partial charge in [-0.2, -0.15) is 11.3 Å². The number of halogens is 2. The first-order valence-electron chi connectivity index (χ1n) is 10.9. The van der Waals surface area contributed by atoms with Crippen LogP contribution in [0, 0.1) is 5.82 Å². The maximum absolute atomic E-state index is 13.7. The van der Waals surface area contributed by atoms with Gasteiger partial charge >= 0.3 is 0 Å². The van der Waals surface area contributed by atoms with Gasteiger partial charge in [0.25, 0.3) is 5.91 Å². The Morgan fingerprint density at radius 2 is 1.89 bits per heavy atom. The minimum Gasteiger partial charge on any atom is -0.511 e. The number of rotatable bonds is 6. The molecule has 0 aliphatic carbocycles. The van der Waals surface area contributed by atoms with Crippen molar-refractivity contribution in [3.8, 4) is 11.6 Å². The minimum atomic E-state index is -1.06.